The van der Waals surface area contributed by atoms with Gasteiger partial charge in [0.1, 0.15) is 17.3 Å². The zero-order valence-corrected chi connectivity index (χ0v) is 17.7. The van der Waals surface area contributed by atoms with E-state index in [1.807, 2.05) is 6.92 Å². The van der Waals surface area contributed by atoms with Gasteiger partial charge >= 0.3 is 0 Å². The second-order valence-electron chi connectivity index (χ2n) is 7.01. The molecule has 0 spiro atoms. The van der Waals surface area contributed by atoms with Gasteiger partial charge in [-0.2, -0.15) is 0 Å². The third kappa shape index (κ3) is 3.83. The Morgan fingerprint density at radius 1 is 1.19 bits per heavy atom. The Labute approximate surface area is 188 Å². The Morgan fingerprint density at radius 3 is 2.59 bits per heavy atom. The van der Waals surface area contributed by atoms with E-state index >= 15 is 0 Å². The molecule has 162 valence electrons. The standard InChI is InChI=1S/C24H18ClFN2O4/c1-2-32-17-9-10-19(25)18(12-17)22(29)20-21(14-4-3-11-27-13-14)28(24(31)23(20)30)16-7-5-15(26)6-8-16/h3-13,21,29H,2H2,1H3/b22-20+. The smallest absolute Gasteiger partial charge is 0.300 e. The van der Waals surface area contributed by atoms with Gasteiger partial charge in [0, 0.05) is 23.6 Å². The van der Waals surface area contributed by atoms with E-state index in [1.165, 1.54) is 47.5 Å². The maximum Gasteiger partial charge on any atom is 0.300 e. The molecule has 1 N–H and O–H groups in total. The average molecular weight is 453 g/mol. The van der Waals surface area contributed by atoms with E-state index in [0.29, 0.717) is 23.6 Å². The summed E-state index contributed by atoms with van der Waals surface area (Å²) in [5.74, 6) is -2.22. The SMILES string of the molecule is CCOc1ccc(Cl)c(/C(O)=C2\C(=O)C(=O)N(c3ccc(F)cc3)C2c2cccnc2)c1. The van der Waals surface area contributed by atoms with Crippen molar-refractivity contribution in [2.45, 2.75) is 13.0 Å². The molecule has 1 unspecified atom stereocenters. The van der Waals surface area contributed by atoms with Crippen LogP contribution in [0.1, 0.15) is 24.1 Å². The monoisotopic (exact) mass is 452 g/mol. The van der Waals surface area contributed by atoms with Crippen LogP contribution in [-0.4, -0.2) is 28.4 Å². The predicted molar refractivity (Wildman–Crippen MR) is 118 cm³/mol. The molecule has 4 rings (SSSR count). The third-order valence-electron chi connectivity index (χ3n) is 5.05. The molecule has 0 bridgehead atoms. The molecule has 32 heavy (non-hydrogen) atoms. The molecule has 2 aromatic carbocycles. The second kappa shape index (κ2) is 8.80. The Kier molecular flexibility index (Phi) is 5.92. The number of aliphatic hydroxyl groups excluding tert-OH is 1. The van der Waals surface area contributed by atoms with Crippen LogP contribution in [0.2, 0.25) is 5.02 Å². The molecule has 1 amide bonds. The summed E-state index contributed by atoms with van der Waals surface area (Å²) in [6.07, 6.45) is 3.05. The summed E-state index contributed by atoms with van der Waals surface area (Å²) >= 11 is 6.30. The van der Waals surface area contributed by atoms with Crippen molar-refractivity contribution in [1.82, 2.24) is 4.98 Å². The van der Waals surface area contributed by atoms with E-state index in [4.69, 9.17) is 16.3 Å². The van der Waals surface area contributed by atoms with E-state index in [9.17, 15) is 19.1 Å². The summed E-state index contributed by atoms with van der Waals surface area (Å²) < 4.78 is 19.0. The van der Waals surface area contributed by atoms with Crippen molar-refractivity contribution >= 4 is 34.7 Å². The first-order valence-corrected chi connectivity index (χ1v) is 10.2. The van der Waals surface area contributed by atoms with Gasteiger partial charge in [-0.3, -0.25) is 19.5 Å². The maximum absolute atomic E-state index is 13.5. The zero-order chi connectivity index (χ0) is 22.8. The first-order chi connectivity index (χ1) is 15.4. The number of amides is 1. The first-order valence-electron chi connectivity index (χ1n) is 9.81. The first kappa shape index (κ1) is 21.5. The number of carbonyl (C=O) groups is 2. The number of pyridine rings is 1. The van der Waals surface area contributed by atoms with E-state index in [-0.39, 0.29) is 16.2 Å². The van der Waals surface area contributed by atoms with Crippen molar-refractivity contribution in [3.05, 3.63) is 94.5 Å². The molecule has 1 aliphatic heterocycles. The predicted octanol–water partition coefficient (Wildman–Crippen LogP) is 4.90. The Hall–Kier alpha value is -3.71. The van der Waals surface area contributed by atoms with Crippen LogP contribution in [0.5, 0.6) is 5.75 Å². The lowest BCUT2D eigenvalue weighted by molar-refractivity contribution is -0.132. The number of halogens is 2. The highest BCUT2D eigenvalue weighted by atomic mass is 35.5. The topological polar surface area (TPSA) is 79.7 Å². The maximum atomic E-state index is 13.5. The largest absolute Gasteiger partial charge is 0.507 e. The molecule has 3 aromatic rings. The third-order valence-corrected chi connectivity index (χ3v) is 5.38. The van der Waals surface area contributed by atoms with Crippen LogP contribution in [-0.2, 0) is 9.59 Å². The Bertz CT molecular complexity index is 1210. The summed E-state index contributed by atoms with van der Waals surface area (Å²) in [6.45, 7) is 2.21. The van der Waals surface area contributed by atoms with Gasteiger partial charge in [-0.15, -0.1) is 0 Å². The number of ketones is 1. The number of nitrogens with zero attached hydrogens (tertiary/aromatic N) is 2. The number of Topliss-reactive ketones (excluding diaryl/α,β-unsaturated/α-hetero) is 1. The number of aromatic nitrogens is 1. The molecule has 1 saturated heterocycles. The highest BCUT2D eigenvalue weighted by Crippen LogP contribution is 2.43. The number of carbonyl (C=O) groups excluding carboxylic acids is 2. The van der Waals surface area contributed by atoms with Gasteiger partial charge in [-0.25, -0.2) is 4.39 Å². The van der Waals surface area contributed by atoms with Gasteiger partial charge in [-0.05, 0) is 61.0 Å². The summed E-state index contributed by atoms with van der Waals surface area (Å²) in [7, 11) is 0. The van der Waals surface area contributed by atoms with Crippen molar-refractivity contribution in [3.8, 4) is 5.75 Å². The van der Waals surface area contributed by atoms with Crippen molar-refractivity contribution in [2.75, 3.05) is 11.5 Å². The van der Waals surface area contributed by atoms with Crippen LogP contribution in [0.3, 0.4) is 0 Å². The fraction of sp³-hybridized carbons (Fsp3) is 0.125. The van der Waals surface area contributed by atoms with Gasteiger partial charge in [0.25, 0.3) is 11.7 Å². The minimum Gasteiger partial charge on any atom is -0.507 e. The van der Waals surface area contributed by atoms with Crippen LogP contribution in [0.4, 0.5) is 10.1 Å². The van der Waals surface area contributed by atoms with Gasteiger partial charge < -0.3 is 9.84 Å². The van der Waals surface area contributed by atoms with Gasteiger partial charge in [-0.1, -0.05) is 17.7 Å². The van der Waals surface area contributed by atoms with Gasteiger partial charge in [0.15, 0.2) is 0 Å². The fourth-order valence-corrected chi connectivity index (χ4v) is 3.85. The van der Waals surface area contributed by atoms with E-state index in [0.717, 1.165) is 0 Å². The van der Waals surface area contributed by atoms with Crippen LogP contribution >= 0.6 is 11.6 Å². The minimum atomic E-state index is -0.985. The van der Waals surface area contributed by atoms with E-state index < -0.39 is 29.3 Å². The Balaban J connectivity index is 1.94. The van der Waals surface area contributed by atoms with Crippen LogP contribution in [0, 0.1) is 5.82 Å². The van der Waals surface area contributed by atoms with E-state index in [2.05, 4.69) is 4.98 Å². The lowest BCUT2D eigenvalue weighted by Crippen LogP contribution is -2.29. The molecule has 8 heteroatoms. The Morgan fingerprint density at radius 2 is 1.94 bits per heavy atom. The number of hydrogen-bond acceptors (Lipinski definition) is 5. The van der Waals surface area contributed by atoms with Crippen molar-refractivity contribution in [2.24, 2.45) is 0 Å². The van der Waals surface area contributed by atoms with Crippen LogP contribution in [0.15, 0.2) is 72.6 Å². The average Bonchev–Trinajstić information content (AvgIpc) is 3.06. The molecule has 1 atom stereocenters. The number of aliphatic hydroxyl groups is 1. The molecular weight excluding hydrogens is 435 g/mol. The van der Waals surface area contributed by atoms with Gasteiger partial charge in [0.2, 0.25) is 0 Å². The van der Waals surface area contributed by atoms with E-state index in [1.54, 1.807) is 24.4 Å². The molecule has 6 nitrogen and oxygen atoms in total. The molecule has 1 aromatic heterocycles. The lowest BCUT2D eigenvalue weighted by atomic mass is 9.96. The summed E-state index contributed by atoms with van der Waals surface area (Å²) in [5, 5.41) is 11.4. The molecule has 0 radical (unpaired) electrons. The molecule has 0 saturated carbocycles. The summed E-state index contributed by atoms with van der Waals surface area (Å²) in [4.78, 5) is 31.4. The summed E-state index contributed by atoms with van der Waals surface area (Å²) in [5.41, 5.74) is 0.803. The van der Waals surface area contributed by atoms with Crippen molar-refractivity contribution < 1.29 is 23.8 Å². The molecule has 2 heterocycles. The molecule has 1 aliphatic rings. The quantitative estimate of drug-likeness (QED) is 0.338. The normalized spacial score (nSPS) is 17.6. The highest BCUT2D eigenvalue weighted by molar-refractivity contribution is 6.52. The zero-order valence-electron chi connectivity index (χ0n) is 17.0. The number of hydrogen-bond donors (Lipinski definition) is 1. The number of benzene rings is 2. The second-order valence-corrected chi connectivity index (χ2v) is 7.41. The molecular formula is C24H18ClFN2O4. The summed E-state index contributed by atoms with van der Waals surface area (Å²) in [6, 6.07) is 12.2. The van der Waals surface area contributed by atoms with Crippen LogP contribution in [0.25, 0.3) is 5.76 Å². The number of ether oxygens (including phenoxy) is 1. The minimum absolute atomic E-state index is 0.150. The lowest BCUT2D eigenvalue weighted by Gasteiger charge is -2.25. The highest BCUT2D eigenvalue weighted by Gasteiger charge is 2.47. The fourth-order valence-electron chi connectivity index (χ4n) is 3.64. The molecule has 0 aliphatic carbocycles. The van der Waals surface area contributed by atoms with Crippen LogP contribution < -0.4 is 9.64 Å². The van der Waals surface area contributed by atoms with Crippen molar-refractivity contribution in [1.29, 1.82) is 0 Å². The van der Waals surface area contributed by atoms with Crippen molar-refractivity contribution in [3.63, 3.8) is 0 Å². The number of anilines is 1. The number of rotatable bonds is 5. The molecule has 1 fully saturated rings. The van der Waals surface area contributed by atoms with Gasteiger partial charge in [0.05, 0.1) is 23.2 Å².